The molecule has 0 aliphatic carbocycles. The fourth-order valence-corrected chi connectivity index (χ4v) is 3.52. The Morgan fingerprint density at radius 3 is 2.53 bits per heavy atom. The smallest absolute Gasteiger partial charge is 0.338 e. The lowest BCUT2D eigenvalue weighted by Gasteiger charge is -2.20. The molecule has 30 heavy (non-hydrogen) atoms. The van der Waals surface area contributed by atoms with Crippen molar-refractivity contribution in [1.29, 1.82) is 0 Å². The quantitative estimate of drug-likeness (QED) is 0.525. The minimum Gasteiger partial charge on any atom is -0.462 e. The highest BCUT2D eigenvalue weighted by Crippen LogP contribution is 2.29. The van der Waals surface area contributed by atoms with Gasteiger partial charge in [-0.2, -0.15) is 0 Å². The third-order valence-electron chi connectivity index (χ3n) is 5.28. The topological polar surface area (TPSA) is 75.7 Å². The lowest BCUT2D eigenvalue weighted by molar-refractivity contribution is -0.122. The monoisotopic (exact) mass is 408 g/mol. The molecular weight excluding hydrogens is 380 g/mol. The van der Waals surface area contributed by atoms with Gasteiger partial charge in [-0.1, -0.05) is 38.5 Å². The first-order chi connectivity index (χ1) is 14.5. The number of carbonyl (C=O) groups excluding carboxylic acids is 3. The first-order valence-corrected chi connectivity index (χ1v) is 10.5. The second-order valence-electron chi connectivity index (χ2n) is 7.44. The van der Waals surface area contributed by atoms with Gasteiger partial charge in [0.05, 0.1) is 18.1 Å². The van der Waals surface area contributed by atoms with Crippen LogP contribution in [-0.4, -0.2) is 30.9 Å². The summed E-state index contributed by atoms with van der Waals surface area (Å²) in [7, 11) is 0. The predicted octanol–water partition coefficient (Wildman–Crippen LogP) is 4.20. The van der Waals surface area contributed by atoms with E-state index in [9.17, 15) is 14.4 Å². The maximum atomic E-state index is 12.7. The van der Waals surface area contributed by atoms with E-state index in [0.29, 0.717) is 24.4 Å². The van der Waals surface area contributed by atoms with Crippen LogP contribution in [0, 0.1) is 5.92 Å². The number of esters is 1. The molecule has 1 heterocycles. The van der Waals surface area contributed by atoms with Gasteiger partial charge < -0.3 is 15.0 Å². The molecule has 6 heteroatoms. The summed E-state index contributed by atoms with van der Waals surface area (Å²) in [4.78, 5) is 38.9. The molecule has 0 aromatic heterocycles. The van der Waals surface area contributed by atoms with Gasteiger partial charge in [0.1, 0.15) is 0 Å². The Morgan fingerprint density at radius 1 is 1.10 bits per heavy atom. The van der Waals surface area contributed by atoms with Crippen molar-refractivity contribution in [1.82, 2.24) is 0 Å². The SMILES string of the molecule is CCCCOC(=O)c1ccc(NC(=O)[C@H]2CC(=O)N(c3ccccc3CC)C2)cc1. The van der Waals surface area contributed by atoms with Crippen LogP contribution in [-0.2, 0) is 20.7 Å². The van der Waals surface area contributed by atoms with Gasteiger partial charge in [-0.15, -0.1) is 0 Å². The fourth-order valence-electron chi connectivity index (χ4n) is 3.52. The summed E-state index contributed by atoms with van der Waals surface area (Å²) in [5.74, 6) is -1.02. The van der Waals surface area contributed by atoms with Crippen molar-refractivity contribution in [2.24, 2.45) is 5.92 Å². The number of anilines is 2. The number of aryl methyl sites for hydroxylation is 1. The standard InChI is InChI=1S/C24H28N2O4/c1-3-5-14-30-24(29)18-10-12-20(13-11-18)25-23(28)19-15-22(27)26(16-19)21-9-7-6-8-17(21)4-2/h6-13,19H,3-5,14-16H2,1-2H3,(H,25,28)/t19-/m0/s1. The molecular formula is C24H28N2O4. The van der Waals surface area contributed by atoms with Crippen molar-refractivity contribution in [2.45, 2.75) is 39.5 Å². The fraction of sp³-hybridized carbons (Fsp3) is 0.375. The normalized spacial score (nSPS) is 15.9. The molecule has 0 bridgehead atoms. The highest BCUT2D eigenvalue weighted by molar-refractivity contribution is 6.04. The second-order valence-corrected chi connectivity index (χ2v) is 7.44. The summed E-state index contributed by atoms with van der Waals surface area (Å²) in [6.45, 7) is 4.85. The molecule has 0 radical (unpaired) electrons. The van der Waals surface area contributed by atoms with Gasteiger partial charge in [-0.05, 0) is 48.7 Å². The van der Waals surface area contributed by atoms with E-state index in [1.165, 1.54) is 0 Å². The summed E-state index contributed by atoms with van der Waals surface area (Å²) in [6, 6.07) is 14.4. The number of amides is 2. The number of unbranched alkanes of at least 4 members (excludes halogenated alkanes) is 1. The Labute approximate surface area is 177 Å². The molecule has 158 valence electrons. The molecule has 1 saturated heterocycles. The van der Waals surface area contributed by atoms with Crippen molar-refractivity contribution in [3.05, 3.63) is 59.7 Å². The van der Waals surface area contributed by atoms with Gasteiger partial charge in [0, 0.05) is 24.3 Å². The van der Waals surface area contributed by atoms with Gasteiger partial charge in [-0.25, -0.2) is 4.79 Å². The van der Waals surface area contributed by atoms with E-state index >= 15 is 0 Å². The third-order valence-corrected chi connectivity index (χ3v) is 5.28. The average Bonchev–Trinajstić information content (AvgIpc) is 3.16. The summed E-state index contributed by atoms with van der Waals surface area (Å²) < 4.78 is 5.19. The number of hydrogen-bond donors (Lipinski definition) is 1. The van der Waals surface area contributed by atoms with Crippen LogP contribution >= 0.6 is 0 Å². The first kappa shape index (κ1) is 21.6. The Balaban J connectivity index is 1.60. The first-order valence-electron chi connectivity index (χ1n) is 10.5. The Morgan fingerprint density at radius 2 is 1.83 bits per heavy atom. The van der Waals surface area contributed by atoms with Crippen LogP contribution in [0.15, 0.2) is 48.5 Å². The van der Waals surface area contributed by atoms with Crippen LogP contribution in [0.5, 0.6) is 0 Å². The van der Waals surface area contributed by atoms with Crippen LogP contribution in [0.2, 0.25) is 0 Å². The molecule has 6 nitrogen and oxygen atoms in total. The van der Waals surface area contributed by atoms with Crippen molar-refractivity contribution < 1.29 is 19.1 Å². The van der Waals surface area contributed by atoms with E-state index in [1.54, 1.807) is 29.2 Å². The molecule has 1 fully saturated rings. The zero-order chi connectivity index (χ0) is 21.5. The largest absolute Gasteiger partial charge is 0.462 e. The van der Waals surface area contributed by atoms with Gasteiger partial charge in [0.25, 0.3) is 0 Å². The van der Waals surface area contributed by atoms with Crippen LogP contribution in [0.25, 0.3) is 0 Å². The van der Waals surface area contributed by atoms with E-state index in [-0.39, 0.29) is 24.2 Å². The average molecular weight is 408 g/mol. The summed E-state index contributed by atoms with van der Waals surface area (Å²) in [5, 5.41) is 2.85. The van der Waals surface area contributed by atoms with Crippen LogP contribution in [0.4, 0.5) is 11.4 Å². The molecule has 1 aliphatic heterocycles. The zero-order valence-electron chi connectivity index (χ0n) is 17.5. The molecule has 2 aromatic carbocycles. The van der Waals surface area contributed by atoms with E-state index in [4.69, 9.17) is 4.74 Å². The summed E-state index contributed by atoms with van der Waals surface area (Å²) in [5.41, 5.74) is 3.01. The van der Waals surface area contributed by atoms with E-state index in [1.807, 2.05) is 38.1 Å². The Hall–Kier alpha value is -3.15. The molecule has 0 saturated carbocycles. The van der Waals surface area contributed by atoms with Crippen LogP contribution in [0.1, 0.15) is 49.0 Å². The maximum absolute atomic E-state index is 12.7. The van der Waals surface area contributed by atoms with Crippen molar-refractivity contribution in [2.75, 3.05) is 23.4 Å². The molecule has 0 unspecified atom stereocenters. The lowest BCUT2D eigenvalue weighted by atomic mass is 10.1. The predicted molar refractivity (Wildman–Crippen MR) is 117 cm³/mol. The molecule has 3 rings (SSSR count). The van der Waals surface area contributed by atoms with Gasteiger partial charge >= 0.3 is 5.97 Å². The lowest BCUT2D eigenvalue weighted by Crippen LogP contribution is -2.28. The number of ether oxygens (including phenoxy) is 1. The van der Waals surface area contributed by atoms with Crippen molar-refractivity contribution in [3.8, 4) is 0 Å². The number of para-hydroxylation sites is 1. The van der Waals surface area contributed by atoms with Crippen LogP contribution < -0.4 is 10.2 Å². The third kappa shape index (κ3) is 5.06. The van der Waals surface area contributed by atoms with Gasteiger partial charge in [-0.3, -0.25) is 9.59 Å². The zero-order valence-corrected chi connectivity index (χ0v) is 17.5. The minimum atomic E-state index is -0.416. The highest BCUT2D eigenvalue weighted by Gasteiger charge is 2.35. The number of nitrogens with zero attached hydrogens (tertiary/aromatic N) is 1. The number of benzene rings is 2. The summed E-state index contributed by atoms with van der Waals surface area (Å²) >= 11 is 0. The van der Waals surface area contributed by atoms with E-state index in [0.717, 1.165) is 30.5 Å². The molecule has 1 N–H and O–H groups in total. The highest BCUT2D eigenvalue weighted by atomic mass is 16.5. The molecule has 1 aliphatic rings. The maximum Gasteiger partial charge on any atom is 0.338 e. The molecule has 1 atom stereocenters. The molecule has 0 spiro atoms. The van der Waals surface area contributed by atoms with Gasteiger partial charge in [0.15, 0.2) is 0 Å². The number of rotatable bonds is 8. The van der Waals surface area contributed by atoms with Crippen molar-refractivity contribution >= 4 is 29.2 Å². The van der Waals surface area contributed by atoms with E-state index < -0.39 is 5.92 Å². The van der Waals surface area contributed by atoms with Crippen molar-refractivity contribution in [3.63, 3.8) is 0 Å². The second kappa shape index (κ2) is 10.1. The van der Waals surface area contributed by atoms with E-state index in [2.05, 4.69) is 5.32 Å². The van der Waals surface area contributed by atoms with Gasteiger partial charge in [0.2, 0.25) is 11.8 Å². The number of hydrogen-bond acceptors (Lipinski definition) is 4. The van der Waals surface area contributed by atoms with Crippen LogP contribution in [0.3, 0.4) is 0 Å². The number of carbonyl (C=O) groups is 3. The number of nitrogens with one attached hydrogen (secondary N) is 1. The molecule has 2 aromatic rings. The molecule has 2 amide bonds. The Bertz CT molecular complexity index is 908. The summed E-state index contributed by atoms with van der Waals surface area (Å²) in [6.07, 6.45) is 2.80. The minimum absolute atomic E-state index is 0.0405. The Kier molecular flexibility index (Phi) is 7.22.